The van der Waals surface area contributed by atoms with E-state index in [-0.39, 0.29) is 5.95 Å². The van der Waals surface area contributed by atoms with Crippen molar-refractivity contribution in [3.05, 3.63) is 24.3 Å². The fourth-order valence-corrected chi connectivity index (χ4v) is 2.07. The molecule has 1 aromatic heterocycles. The van der Waals surface area contributed by atoms with Gasteiger partial charge in [-0.15, -0.1) is 0 Å². The predicted molar refractivity (Wildman–Crippen MR) is 79.6 cm³/mol. The molecule has 0 atom stereocenters. The van der Waals surface area contributed by atoms with E-state index in [1.807, 2.05) is 32.9 Å². The molecule has 20 heavy (non-hydrogen) atoms. The van der Waals surface area contributed by atoms with E-state index in [4.69, 9.17) is 10.5 Å². The van der Waals surface area contributed by atoms with E-state index in [9.17, 15) is 4.79 Å². The van der Waals surface area contributed by atoms with Crippen LogP contribution in [0.2, 0.25) is 0 Å². The Bertz CT molecular complexity index is 602. The molecule has 1 amide bonds. The van der Waals surface area contributed by atoms with Crippen LogP contribution < -0.4 is 11.1 Å². The molecule has 0 unspecified atom stereocenters. The summed E-state index contributed by atoms with van der Waals surface area (Å²) in [4.78, 5) is 15.7. The molecule has 0 saturated heterocycles. The molecule has 0 spiro atoms. The first-order valence-electron chi connectivity index (χ1n) is 6.03. The third-order valence-electron chi connectivity index (χ3n) is 2.22. The third-order valence-corrected chi connectivity index (χ3v) is 3.00. The number of benzene rings is 1. The van der Waals surface area contributed by atoms with E-state index in [1.165, 1.54) is 11.5 Å². The first-order chi connectivity index (χ1) is 9.33. The molecule has 0 aliphatic carbocycles. The zero-order valence-corrected chi connectivity index (χ0v) is 12.3. The van der Waals surface area contributed by atoms with E-state index in [0.29, 0.717) is 5.69 Å². The maximum Gasteiger partial charge on any atom is 0.412 e. The quantitative estimate of drug-likeness (QED) is 0.887. The van der Waals surface area contributed by atoms with Crippen molar-refractivity contribution >= 4 is 29.3 Å². The van der Waals surface area contributed by atoms with E-state index in [0.717, 1.165) is 10.6 Å². The molecule has 3 N–H and O–H groups in total. The lowest BCUT2D eigenvalue weighted by Gasteiger charge is -2.19. The van der Waals surface area contributed by atoms with Crippen molar-refractivity contribution in [2.45, 2.75) is 26.4 Å². The summed E-state index contributed by atoms with van der Waals surface area (Å²) in [7, 11) is 0. The number of anilines is 2. The van der Waals surface area contributed by atoms with Gasteiger partial charge in [0.15, 0.2) is 0 Å². The van der Waals surface area contributed by atoms with Gasteiger partial charge < -0.3 is 10.5 Å². The highest BCUT2D eigenvalue weighted by molar-refractivity contribution is 7.09. The Labute approximate surface area is 121 Å². The Kier molecular flexibility index (Phi) is 3.89. The van der Waals surface area contributed by atoms with Gasteiger partial charge in [0.2, 0.25) is 5.95 Å². The standard InChI is InChI=1S/C13H16N4O2S/c1-13(2,3)19-12(18)15-9-6-4-8(5-7-9)10-16-11(14)17-20-10/h4-7H,1-3H3,(H2,14,17)(H,15,18). The van der Waals surface area contributed by atoms with Crippen LogP contribution in [-0.4, -0.2) is 21.1 Å². The summed E-state index contributed by atoms with van der Waals surface area (Å²) in [5.41, 5.74) is 6.52. The number of carbonyl (C=O) groups excluding carboxylic acids is 1. The Balaban J connectivity index is 2.03. The number of ether oxygens (including phenoxy) is 1. The molecule has 0 aliphatic rings. The molecule has 106 valence electrons. The number of nitrogen functional groups attached to an aromatic ring is 1. The molecule has 0 fully saturated rings. The fraction of sp³-hybridized carbons (Fsp3) is 0.308. The average molecular weight is 292 g/mol. The predicted octanol–water partition coefficient (Wildman–Crippen LogP) is 3.13. The molecule has 1 heterocycles. The Morgan fingerprint density at radius 2 is 1.95 bits per heavy atom. The van der Waals surface area contributed by atoms with Crippen molar-refractivity contribution in [3.63, 3.8) is 0 Å². The van der Waals surface area contributed by atoms with Crippen molar-refractivity contribution in [2.75, 3.05) is 11.1 Å². The van der Waals surface area contributed by atoms with Crippen LogP contribution in [0.1, 0.15) is 20.8 Å². The number of hydrogen-bond donors (Lipinski definition) is 2. The van der Waals surface area contributed by atoms with Crippen LogP contribution in [0.4, 0.5) is 16.4 Å². The van der Waals surface area contributed by atoms with Gasteiger partial charge in [0.1, 0.15) is 10.6 Å². The largest absolute Gasteiger partial charge is 0.444 e. The maximum absolute atomic E-state index is 11.6. The zero-order valence-electron chi connectivity index (χ0n) is 11.5. The molecule has 0 aliphatic heterocycles. The van der Waals surface area contributed by atoms with Gasteiger partial charge in [-0.25, -0.2) is 4.79 Å². The second-order valence-corrected chi connectivity index (χ2v) is 5.91. The second-order valence-electron chi connectivity index (χ2n) is 5.16. The first kappa shape index (κ1) is 14.3. The van der Waals surface area contributed by atoms with Gasteiger partial charge in [-0.2, -0.15) is 9.36 Å². The second kappa shape index (κ2) is 5.46. The molecule has 0 saturated carbocycles. The number of amides is 1. The summed E-state index contributed by atoms with van der Waals surface area (Å²) >= 11 is 1.23. The van der Waals surface area contributed by atoms with Crippen molar-refractivity contribution in [1.29, 1.82) is 0 Å². The van der Waals surface area contributed by atoms with E-state index in [2.05, 4.69) is 14.7 Å². The van der Waals surface area contributed by atoms with Crippen LogP contribution in [0.5, 0.6) is 0 Å². The molecule has 2 aromatic rings. The highest BCUT2D eigenvalue weighted by atomic mass is 32.1. The molecule has 7 heteroatoms. The van der Waals surface area contributed by atoms with Crippen molar-refractivity contribution in [2.24, 2.45) is 0 Å². The molecule has 0 bridgehead atoms. The number of nitrogens with one attached hydrogen (secondary N) is 1. The summed E-state index contributed by atoms with van der Waals surface area (Å²) in [5.74, 6) is 0.265. The van der Waals surface area contributed by atoms with Crippen LogP contribution in [-0.2, 0) is 4.74 Å². The monoisotopic (exact) mass is 292 g/mol. The SMILES string of the molecule is CC(C)(C)OC(=O)Nc1ccc(-c2nc(N)ns2)cc1. The topological polar surface area (TPSA) is 90.1 Å². The van der Waals surface area contributed by atoms with Gasteiger partial charge in [0, 0.05) is 11.3 Å². The lowest BCUT2D eigenvalue weighted by Crippen LogP contribution is -2.27. The summed E-state index contributed by atoms with van der Waals surface area (Å²) in [6.07, 6.45) is -0.481. The van der Waals surface area contributed by atoms with Gasteiger partial charge in [0.05, 0.1) is 0 Å². The summed E-state index contributed by atoms with van der Waals surface area (Å²) in [6.45, 7) is 5.45. The number of rotatable bonds is 2. The lowest BCUT2D eigenvalue weighted by molar-refractivity contribution is 0.0636. The third kappa shape index (κ3) is 3.92. The number of hydrogen-bond acceptors (Lipinski definition) is 6. The van der Waals surface area contributed by atoms with Crippen LogP contribution in [0.25, 0.3) is 10.6 Å². The Morgan fingerprint density at radius 3 is 2.45 bits per heavy atom. The lowest BCUT2D eigenvalue weighted by atomic mass is 10.2. The van der Waals surface area contributed by atoms with Crippen LogP contribution in [0.15, 0.2) is 24.3 Å². The van der Waals surface area contributed by atoms with Crippen LogP contribution in [0.3, 0.4) is 0 Å². The van der Waals surface area contributed by atoms with Crippen molar-refractivity contribution in [1.82, 2.24) is 9.36 Å². The van der Waals surface area contributed by atoms with E-state index < -0.39 is 11.7 Å². The highest BCUT2D eigenvalue weighted by Crippen LogP contribution is 2.23. The molecular formula is C13H16N4O2S. The number of nitrogens with two attached hydrogens (primary N) is 1. The van der Waals surface area contributed by atoms with Gasteiger partial charge in [-0.3, -0.25) is 5.32 Å². The normalized spacial score (nSPS) is 11.2. The van der Waals surface area contributed by atoms with Gasteiger partial charge in [-0.05, 0) is 56.6 Å². The number of carbonyl (C=O) groups is 1. The minimum absolute atomic E-state index is 0.265. The molecular weight excluding hydrogens is 276 g/mol. The molecule has 0 radical (unpaired) electrons. The minimum atomic E-state index is -0.520. The zero-order chi connectivity index (χ0) is 14.8. The maximum atomic E-state index is 11.6. The molecule has 2 rings (SSSR count). The minimum Gasteiger partial charge on any atom is -0.444 e. The van der Waals surface area contributed by atoms with E-state index in [1.54, 1.807) is 12.1 Å². The fourth-order valence-electron chi connectivity index (χ4n) is 1.47. The van der Waals surface area contributed by atoms with Crippen molar-refractivity contribution < 1.29 is 9.53 Å². The summed E-state index contributed by atoms with van der Waals surface area (Å²) in [5, 5.41) is 3.41. The van der Waals surface area contributed by atoms with E-state index >= 15 is 0 Å². The van der Waals surface area contributed by atoms with Crippen LogP contribution in [0, 0.1) is 0 Å². The number of aromatic nitrogens is 2. The first-order valence-corrected chi connectivity index (χ1v) is 6.80. The Hall–Kier alpha value is -2.15. The smallest absolute Gasteiger partial charge is 0.412 e. The summed E-state index contributed by atoms with van der Waals surface area (Å²) in [6, 6.07) is 7.23. The number of nitrogens with zero attached hydrogens (tertiary/aromatic N) is 2. The van der Waals surface area contributed by atoms with Gasteiger partial charge >= 0.3 is 6.09 Å². The molecule has 1 aromatic carbocycles. The highest BCUT2D eigenvalue weighted by Gasteiger charge is 2.16. The Morgan fingerprint density at radius 1 is 1.30 bits per heavy atom. The van der Waals surface area contributed by atoms with Gasteiger partial charge in [0.25, 0.3) is 0 Å². The van der Waals surface area contributed by atoms with Crippen molar-refractivity contribution in [3.8, 4) is 10.6 Å². The van der Waals surface area contributed by atoms with Gasteiger partial charge in [-0.1, -0.05) is 0 Å². The van der Waals surface area contributed by atoms with Crippen LogP contribution >= 0.6 is 11.5 Å². The molecule has 6 nitrogen and oxygen atoms in total. The average Bonchev–Trinajstić information content (AvgIpc) is 2.74. The summed E-state index contributed by atoms with van der Waals surface area (Å²) < 4.78 is 9.10.